The van der Waals surface area contributed by atoms with Crippen LogP contribution in [0.3, 0.4) is 0 Å². The average molecular weight is 224 g/mol. The van der Waals surface area contributed by atoms with Crippen molar-refractivity contribution in [3.63, 3.8) is 0 Å². The van der Waals surface area contributed by atoms with Gasteiger partial charge in [0.15, 0.2) is 0 Å². The molecule has 0 fully saturated rings. The highest BCUT2D eigenvalue weighted by Crippen LogP contribution is 2.20. The van der Waals surface area contributed by atoms with Crippen LogP contribution in [0.1, 0.15) is 18.4 Å². The summed E-state index contributed by atoms with van der Waals surface area (Å²) in [6, 6.07) is 8.16. The van der Waals surface area contributed by atoms with E-state index in [9.17, 15) is 0 Å². The molecule has 4 nitrogen and oxygen atoms in total. The van der Waals surface area contributed by atoms with Gasteiger partial charge in [-0.2, -0.15) is 5.10 Å². The van der Waals surface area contributed by atoms with Gasteiger partial charge in [-0.1, -0.05) is 24.3 Å². The van der Waals surface area contributed by atoms with E-state index < -0.39 is 0 Å². The molecule has 0 bridgehead atoms. The van der Waals surface area contributed by atoms with Gasteiger partial charge in [0.2, 0.25) is 0 Å². The minimum atomic E-state index is 0.599. The van der Waals surface area contributed by atoms with E-state index >= 15 is 0 Å². The molecule has 1 aromatic heterocycles. The van der Waals surface area contributed by atoms with Gasteiger partial charge in [0.05, 0.1) is 5.71 Å². The number of hydrogen-bond donors (Lipinski definition) is 1. The first-order valence-electron chi connectivity index (χ1n) is 5.56. The van der Waals surface area contributed by atoms with Crippen molar-refractivity contribution in [1.82, 2.24) is 4.98 Å². The molecule has 1 aliphatic rings. The second-order valence-corrected chi connectivity index (χ2v) is 4.05. The molecule has 0 radical (unpaired) electrons. The number of fused-ring (bicyclic) bond motifs is 1. The molecule has 4 heteroatoms. The normalized spacial score (nSPS) is 15.5. The van der Waals surface area contributed by atoms with Gasteiger partial charge in [0.1, 0.15) is 5.84 Å². The Morgan fingerprint density at radius 3 is 2.71 bits per heavy atom. The molecule has 0 unspecified atom stereocenters. The number of amidine groups is 1. The Labute approximate surface area is 98.9 Å². The quantitative estimate of drug-likeness (QED) is 0.806. The predicted molar refractivity (Wildman–Crippen MR) is 69.1 cm³/mol. The maximum atomic E-state index is 5.61. The summed E-state index contributed by atoms with van der Waals surface area (Å²) < 4.78 is 0. The molecule has 3 rings (SSSR count). The van der Waals surface area contributed by atoms with Crippen molar-refractivity contribution >= 4 is 22.3 Å². The topological polar surface area (TPSA) is 63.6 Å². The maximum absolute atomic E-state index is 5.61. The van der Waals surface area contributed by atoms with Gasteiger partial charge >= 0.3 is 0 Å². The highest BCUT2D eigenvalue weighted by molar-refractivity contribution is 6.12. The molecule has 2 aromatic rings. The Kier molecular flexibility index (Phi) is 2.33. The molecule has 1 aliphatic heterocycles. The number of rotatable bonds is 1. The lowest BCUT2D eigenvalue weighted by atomic mass is 10.0. The summed E-state index contributed by atoms with van der Waals surface area (Å²) in [7, 11) is 0. The molecule has 0 aliphatic carbocycles. The zero-order valence-electron chi connectivity index (χ0n) is 9.30. The van der Waals surface area contributed by atoms with Crippen LogP contribution in [0.15, 0.2) is 46.9 Å². The van der Waals surface area contributed by atoms with Crippen molar-refractivity contribution < 1.29 is 0 Å². The van der Waals surface area contributed by atoms with Gasteiger partial charge < -0.3 is 5.73 Å². The number of hydrogen-bond acceptors (Lipinski definition) is 4. The van der Waals surface area contributed by atoms with Crippen molar-refractivity contribution in [2.45, 2.75) is 12.8 Å². The molecule has 84 valence electrons. The monoisotopic (exact) mass is 224 g/mol. The van der Waals surface area contributed by atoms with Gasteiger partial charge in [-0.15, -0.1) is 5.10 Å². The Hall–Kier alpha value is -2.23. The van der Waals surface area contributed by atoms with Crippen LogP contribution in [0.2, 0.25) is 0 Å². The number of aromatic nitrogens is 1. The fraction of sp³-hybridized carbons (Fsp3) is 0.154. The minimum absolute atomic E-state index is 0.599. The van der Waals surface area contributed by atoms with Crippen molar-refractivity contribution in [1.29, 1.82) is 0 Å². The van der Waals surface area contributed by atoms with E-state index in [1.807, 2.05) is 30.6 Å². The van der Waals surface area contributed by atoms with E-state index in [1.165, 1.54) is 0 Å². The van der Waals surface area contributed by atoms with Gasteiger partial charge in [-0.05, 0) is 11.8 Å². The number of nitrogens with two attached hydrogens (primary N) is 1. The van der Waals surface area contributed by atoms with Crippen molar-refractivity contribution in [3.8, 4) is 0 Å². The van der Waals surface area contributed by atoms with E-state index in [2.05, 4.69) is 21.3 Å². The standard InChI is InChI=1S/C13H12N4/c14-13-6-5-12(16-17-13)11-8-15-7-9-3-1-2-4-10(9)11/h1-4,7-8H,5-6H2,(H2,14,17). The van der Waals surface area contributed by atoms with Crippen LogP contribution in [0.4, 0.5) is 0 Å². The highest BCUT2D eigenvalue weighted by atomic mass is 15.2. The van der Waals surface area contributed by atoms with Crippen LogP contribution in [-0.2, 0) is 0 Å². The molecule has 1 aromatic carbocycles. The van der Waals surface area contributed by atoms with E-state index in [-0.39, 0.29) is 0 Å². The minimum Gasteiger partial charge on any atom is -0.386 e. The first kappa shape index (κ1) is 9.96. The highest BCUT2D eigenvalue weighted by Gasteiger charge is 2.12. The number of benzene rings is 1. The summed E-state index contributed by atoms with van der Waals surface area (Å²) in [6.07, 6.45) is 5.30. The Morgan fingerprint density at radius 1 is 1.00 bits per heavy atom. The summed E-state index contributed by atoms with van der Waals surface area (Å²) in [5.74, 6) is 0.599. The molecule has 0 atom stereocenters. The van der Waals surface area contributed by atoms with Crippen LogP contribution in [-0.4, -0.2) is 16.5 Å². The Bertz CT molecular complexity index is 623. The van der Waals surface area contributed by atoms with E-state index in [1.54, 1.807) is 0 Å². The first-order valence-corrected chi connectivity index (χ1v) is 5.56. The lowest BCUT2D eigenvalue weighted by Gasteiger charge is -2.11. The maximum Gasteiger partial charge on any atom is 0.122 e. The van der Waals surface area contributed by atoms with Crippen LogP contribution >= 0.6 is 0 Å². The largest absolute Gasteiger partial charge is 0.386 e. The number of pyridine rings is 1. The Morgan fingerprint density at radius 2 is 1.88 bits per heavy atom. The molecule has 0 saturated heterocycles. The third-order valence-corrected chi connectivity index (χ3v) is 2.90. The summed E-state index contributed by atoms with van der Waals surface area (Å²) >= 11 is 0. The second kappa shape index (κ2) is 3.97. The zero-order chi connectivity index (χ0) is 11.7. The van der Waals surface area contributed by atoms with Crippen molar-refractivity contribution in [3.05, 3.63) is 42.2 Å². The van der Waals surface area contributed by atoms with Crippen molar-refractivity contribution in [2.75, 3.05) is 0 Å². The van der Waals surface area contributed by atoms with Gasteiger partial charge in [0.25, 0.3) is 0 Å². The molecular weight excluding hydrogens is 212 g/mol. The third-order valence-electron chi connectivity index (χ3n) is 2.90. The summed E-state index contributed by atoms with van der Waals surface area (Å²) in [5, 5.41) is 10.4. The fourth-order valence-corrected chi connectivity index (χ4v) is 2.01. The van der Waals surface area contributed by atoms with Crippen LogP contribution in [0.25, 0.3) is 10.8 Å². The molecule has 2 heterocycles. The molecule has 0 amide bonds. The van der Waals surface area contributed by atoms with E-state index in [0.717, 1.165) is 34.9 Å². The summed E-state index contributed by atoms with van der Waals surface area (Å²) in [4.78, 5) is 4.25. The van der Waals surface area contributed by atoms with Crippen LogP contribution in [0, 0.1) is 0 Å². The molecule has 0 spiro atoms. The van der Waals surface area contributed by atoms with E-state index in [4.69, 9.17) is 5.73 Å². The third kappa shape index (κ3) is 1.78. The molecule has 2 N–H and O–H groups in total. The van der Waals surface area contributed by atoms with Gasteiger partial charge in [-0.25, -0.2) is 0 Å². The van der Waals surface area contributed by atoms with E-state index in [0.29, 0.717) is 5.84 Å². The smallest absolute Gasteiger partial charge is 0.122 e. The molecule has 0 saturated carbocycles. The van der Waals surface area contributed by atoms with Gasteiger partial charge in [-0.3, -0.25) is 4.98 Å². The second-order valence-electron chi connectivity index (χ2n) is 4.05. The zero-order valence-corrected chi connectivity index (χ0v) is 9.30. The lowest BCUT2D eigenvalue weighted by molar-refractivity contribution is 1.02. The van der Waals surface area contributed by atoms with Crippen LogP contribution < -0.4 is 5.73 Å². The Balaban J connectivity index is 2.18. The molecule has 17 heavy (non-hydrogen) atoms. The summed E-state index contributed by atoms with van der Waals surface area (Å²) in [5.41, 5.74) is 7.63. The predicted octanol–water partition coefficient (Wildman–Crippen LogP) is 2.09. The first-order chi connectivity index (χ1) is 8.34. The molecular formula is C13H12N4. The lowest BCUT2D eigenvalue weighted by Crippen LogP contribution is -2.17. The fourth-order valence-electron chi connectivity index (χ4n) is 2.01. The van der Waals surface area contributed by atoms with Gasteiger partial charge in [0, 0.05) is 29.8 Å². The van der Waals surface area contributed by atoms with Crippen LogP contribution in [0.5, 0.6) is 0 Å². The SMILES string of the molecule is NC1=NN=C(c2cncc3ccccc23)CC1. The summed E-state index contributed by atoms with van der Waals surface area (Å²) in [6.45, 7) is 0. The average Bonchev–Trinajstić information content (AvgIpc) is 2.39. The number of nitrogens with zero attached hydrogens (tertiary/aromatic N) is 3. The van der Waals surface area contributed by atoms with Crippen molar-refractivity contribution in [2.24, 2.45) is 15.9 Å².